The van der Waals surface area contributed by atoms with Gasteiger partial charge in [0.2, 0.25) is 0 Å². The lowest BCUT2D eigenvalue weighted by atomic mass is 10.3. The van der Waals surface area contributed by atoms with Crippen molar-refractivity contribution in [2.24, 2.45) is 0 Å². The molecule has 0 saturated heterocycles. The Bertz CT molecular complexity index is 610. The first-order chi connectivity index (χ1) is 8.85. The van der Waals surface area contributed by atoms with E-state index >= 15 is 0 Å². The van der Waals surface area contributed by atoms with Gasteiger partial charge in [-0.3, -0.25) is 4.79 Å². The van der Waals surface area contributed by atoms with E-state index in [2.05, 4.69) is 0 Å². The van der Waals surface area contributed by atoms with E-state index in [0.29, 0.717) is 11.3 Å². The summed E-state index contributed by atoms with van der Waals surface area (Å²) in [6.07, 6.45) is -6.00. The maximum Gasteiger partial charge on any atom is 0.463 e. The van der Waals surface area contributed by atoms with Crippen LogP contribution in [0.2, 0.25) is 0 Å². The Kier molecular flexibility index (Phi) is 4.66. The van der Waals surface area contributed by atoms with E-state index in [1.165, 1.54) is 5.32 Å². The summed E-state index contributed by atoms with van der Waals surface area (Å²) in [7, 11) is 0.971. The first-order valence-electron chi connectivity index (χ1n) is 4.62. The van der Waals surface area contributed by atoms with Gasteiger partial charge in [-0.25, -0.2) is 8.42 Å². The fraction of sp³-hybridized carbons (Fsp3) is 0.375. The second-order valence-electron chi connectivity index (χ2n) is 3.41. The molecule has 0 aliphatic carbocycles. The Hall–Kier alpha value is -0.940. The molecule has 1 N–H and O–H groups in total. The molecule has 4 nitrogen and oxygen atoms in total. The topological polar surface area (TPSA) is 63.2 Å². The van der Waals surface area contributed by atoms with Crippen molar-refractivity contribution in [3.63, 3.8) is 0 Å². The van der Waals surface area contributed by atoms with Gasteiger partial charge in [0.1, 0.15) is 4.21 Å². The minimum atomic E-state index is -6.00. The zero-order valence-electron chi connectivity index (χ0n) is 9.17. The molecule has 0 unspecified atom stereocenters. The molecule has 1 aromatic rings. The minimum absolute atomic E-state index is 0.0514. The van der Waals surface area contributed by atoms with Gasteiger partial charge in [0.15, 0.2) is 0 Å². The maximum absolute atomic E-state index is 12.6. The summed E-state index contributed by atoms with van der Waals surface area (Å²) in [5.41, 5.74) is 0. The largest absolute Gasteiger partial charge is 0.463 e. The molecule has 0 aliphatic heterocycles. The van der Waals surface area contributed by atoms with Crippen molar-refractivity contribution < 1.29 is 35.2 Å². The highest BCUT2D eigenvalue weighted by molar-refractivity contribution is 8.15. The lowest BCUT2D eigenvalue weighted by molar-refractivity contribution is -0.269. The first kappa shape index (κ1) is 17.1. The third kappa shape index (κ3) is 3.79. The van der Waals surface area contributed by atoms with Crippen molar-refractivity contribution in [3.05, 3.63) is 17.0 Å². The second kappa shape index (κ2) is 5.45. The predicted molar refractivity (Wildman–Crippen MR) is 60.2 cm³/mol. The zero-order chi connectivity index (χ0) is 15.8. The van der Waals surface area contributed by atoms with Crippen LogP contribution in [0.25, 0.3) is 0 Å². The maximum atomic E-state index is 12.6. The van der Waals surface area contributed by atoms with E-state index in [-0.39, 0.29) is 9.09 Å². The van der Waals surface area contributed by atoms with Crippen molar-refractivity contribution in [2.45, 2.75) is 22.9 Å². The van der Waals surface area contributed by atoms with E-state index < -0.39 is 33.6 Å². The molecule has 0 aliphatic rings. The highest BCUT2D eigenvalue weighted by Gasteiger charge is 2.63. The number of hydrogen-bond acceptors (Lipinski definition) is 4. The predicted octanol–water partition coefficient (Wildman–Crippen LogP) is 2.49. The van der Waals surface area contributed by atoms with Crippen LogP contribution in [0.5, 0.6) is 0 Å². The molecular formula is C8H5ClF5NO3S2. The number of hydrogen-bond donors (Lipinski definition) is 1. The van der Waals surface area contributed by atoms with Gasteiger partial charge in [-0.2, -0.15) is 22.0 Å². The van der Waals surface area contributed by atoms with Crippen molar-refractivity contribution in [2.75, 3.05) is 0 Å². The van der Waals surface area contributed by atoms with Gasteiger partial charge in [-0.15, -0.1) is 11.3 Å². The SMILES string of the molecule is O=C(NCc1ccc(S(=O)(=O)Cl)s1)C(F)(F)C(F)(F)F. The molecule has 0 aromatic carbocycles. The smallest absolute Gasteiger partial charge is 0.346 e. The fourth-order valence-corrected chi connectivity index (χ4v) is 3.05. The number of alkyl halides is 5. The van der Waals surface area contributed by atoms with Gasteiger partial charge in [0, 0.05) is 15.6 Å². The summed E-state index contributed by atoms with van der Waals surface area (Å²) < 4.78 is 82.2. The molecular weight excluding hydrogens is 353 g/mol. The lowest BCUT2D eigenvalue weighted by Gasteiger charge is -2.18. The van der Waals surface area contributed by atoms with E-state index in [4.69, 9.17) is 10.7 Å². The van der Waals surface area contributed by atoms with E-state index in [1.54, 1.807) is 0 Å². The van der Waals surface area contributed by atoms with Crippen LogP contribution in [0.4, 0.5) is 22.0 Å². The average molecular weight is 358 g/mol. The normalized spacial score (nSPS) is 13.3. The minimum Gasteiger partial charge on any atom is -0.346 e. The van der Waals surface area contributed by atoms with E-state index in [9.17, 15) is 35.2 Å². The van der Waals surface area contributed by atoms with E-state index in [1.807, 2.05) is 0 Å². The van der Waals surface area contributed by atoms with Crippen molar-refractivity contribution in [3.8, 4) is 0 Å². The van der Waals surface area contributed by atoms with Crippen LogP contribution in [0.15, 0.2) is 16.3 Å². The Morgan fingerprint density at radius 3 is 2.20 bits per heavy atom. The molecule has 0 fully saturated rings. The van der Waals surface area contributed by atoms with Gasteiger partial charge < -0.3 is 5.32 Å². The lowest BCUT2D eigenvalue weighted by Crippen LogP contribution is -2.50. The van der Waals surface area contributed by atoms with Crippen LogP contribution in [-0.2, 0) is 20.4 Å². The highest BCUT2D eigenvalue weighted by atomic mass is 35.7. The number of carbonyl (C=O) groups is 1. The standard InChI is InChI=1S/C8H5ClF5NO3S2/c9-20(17,18)5-2-1-4(19-5)3-15-6(16)7(10,11)8(12,13)14/h1-2H,3H2,(H,15,16). The molecule has 1 amide bonds. The molecule has 20 heavy (non-hydrogen) atoms. The molecule has 0 spiro atoms. The average Bonchev–Trinajstić information content (AvgIpc) is 2.72. The highest BCUT2D eigenvalue weighted by Crippen LogP contribution is 2.35. The van der Waals surface area contributed by atoms with Crippen molar-refractivity contribution in [1.29, 1.82) is 0 Å². The number of thiophene rings is 1. The van der Waals surface area contributed by atoms with Crippen LogP contribution in [0, 0.1) is 0 Å². The van der Waals surface area contributed by atoms with Gasteiger partial charge in [-0.1, -0.05) is 0 Å². The molecule has 0 radical (unpaired) electrons. The third-order valence-electron chi connectivity index (χ3n) is 1.94. The summed E-state index contributed by atoms with van der Waals surface area (Å²) in [6, 6.07) is 2.17. The molecule has 1 rings (SSSR count). The van der Waals surface area contributed by atoms with Gasteiger partial charge >= 0.3 is 18.0 Å². The van der Waals surface area contributed by atoms with Crippen LogP contribution in [0.1, 0.15) is 4.88 Å². The number of rotatable bonds is 4. The quantitative estimate of drug-likeness (QED) is 0.665. The summed E-state index contributed by atoms with van der Waals surface area (Å²) in [5, 5.41) is 1.37. The van der Waals surface area contributed by atoms with Crippen molar-refractivity contribution in [1.82, 2.24) is 5.32 Å². The molecule has 0 atom stereocenters. The summed E-state index contributed by atoms with van der Waals surface area (Å²) in [6.45, 7) is -0.679. The van der Waals surface area contributed by atoms with E-state index in [0.717, 1.165) is 12.1 Å². The van der Waals surface area contributed by atoms with Crippen LogP contribution >= 0.6 is 22.0 Å². The van der Waals surface area contributed by atoms with Crippen LogP contribution < -0.4 is 5.32 Å². The molecule has 1 aromatic heterocycles. The zero-order valence-corrected chi connectivity index (χ0v) is 11.6. The van der Waals surface area contributed by atoms with Crippen molar-refractivity contribution >= 4 is 37.0 Å². The second-order valence-corrected chi connectivity index (χ2v) is 7.37. The van der Waals surface area contributed by atoms with Gasteiger partial charge in [0.05, 0.1) is 6.54 Å². The molecule has 0 bridgehead atoms. The van der Waals surface area contributed by atoms with Crippen LogP contribution in [0.3, 0.4) is 0 Å². The van der Waals surface area contributed by atoms with Gasteiger partial charge in [0.25, 0.3) is 9.05 Å². The summed E-state index contributed by atoms with van der Waals surface area (Å²) >= 11 is 0.539. The summed E-state index contributed by atoms with van der Waals surface area (Å²) in [4.78, 5) is 10.8. The fourth-order valence-electron chi connectivity index (χ4n) is 0.991. The molecule has 0 saturated carbocycles. The monoisotopic (exact) mass is 357 g/mol. The number of amides is 1. The first-order valence-corrected chi connectivity index (χ1v) is 7.74. The number of nitrogens with one attached hydrogen (secondary N) is 1. The summed E-state index contributed by atoms with van der Waals surface area (Å²) in [5.74, 6) is -8.04. The number of halogens is 6. The van der Waals surface area contributed by atoms with Crippen LogP contribution in [-0.4, -0.2) is 26.4 Å². The molecule has 114 valence electrons. The molecule has 1 heterocycles. The Balaban J connectivity index is 2.74. The van der Waals surface area contributed by atoms with Gasteiger partial charge in [-0.05, 0) is 12.1 Å². The Morgan fingerprint density at radius 1 is 1.25 bits per heavy atom. The number of carbonyl (C=O) groups excluding carboxylic acids is 1. The Labute approximate surface area is 118 Å². The third-order valence-corrected chi connectivity index (χ3v) is 5.12. The molecule has 12 heteroatoms. The Morgan fingerprint density at radius 2 is 1.80 bits per heavy atom.